The van der Waals surface area contributed by atoms with E-state index in [4.69, 9.17) is 9.47 Å². The SMILES string of the molecule is CC(C)Oc1cc(C(C)C)cc(OC(C)C)c1-c1ccccc1P(C1CCCCC1)C1CCCCC1. The van der Waals surface area contributed by atoms with Crippen LogP contribution in [0.15, 0.2) is 36.4 Å². The molecular weight excluding hydrogens is 459 g/mol. The van der Waals surface area contributed by atoms with Crippen molar-refractivity contribution in [2.45, 2.75) is 135 Å². The lowest BCUT2D eigenvalue weighted by atomic mass is 9.96. The van der Waals surface area contributed by atoms with Gasteiger partial charge in [-0.15, -0.1) is 0 Å². The maximum atomic E-state index is 6.57. The highest BCUT2D eigenvalue weighted by molar-refractivity contribution is 7.67. The first kappa shape index (κ1) is 27.5. The third-order valence-corrected chi connectivity index (χ3v) is 11.4. The van der Waals surface area contributed by atoms with Crippen LogP contribution in [0, 0.1) is 0 Å². The van der Waals surface area contributed by atoms with E-state index in [1.54, 1.807) is 5.30 Å². The molecule has 2 saturated carbocycles. The van der Waals surface area contributed by atoms with Gasteiger partial charge in [0.05, 0.1) is 17.8 Å². The van der Waals surface area contributed by atoms with Crippen LogP contribution in [-0.2, 0) is 0 Å². The Morgan fingerprint density at radius 1 is 0.667 bits per heavy atom. The summed E-state index contributed by atoms with van der Waals surface area (Å²) >= 11 is 0. The molecule has 3 heteroatoms. The Morgan fingerprint density at radius 2 is 1.14 bits per heavy atom. The molecule has 2 nitrogen and oxygen atoms in total. The highest BCUT2D eigenvalue weighted by Crippen LogP contribution is 2.57. The van der Waals surface area contributed by atoms with E-state index in [1.807, 2.05) is 0 Å². The molecule has 0 atom stereocenters. The molecule has 0 spiro atoms. The van der Waals surface area contributed by atoms with Gasteiger partial charge in [-0.2, -0.15) is 0 Å². The minimum atomic E-state index is -0.233. The molecule has 2 aliphatic rings. The normalized spacial score (nSPS) is 17.9. The lowest BCUT2D eigenvalue weighted by Crippen LogP contribution is -2.27. The van der Waals surface area contributed by atoms with Gasteiger partial charge in [0.1, 0.15) is 11.5 Å². The summed E-state index contributed by atoms with van der Waals surface area (Å²) < 4.78 is 13.1. The molecule has 2 aromatic carbocycles. The van der Waals surface area contributed by atoms with Gasteiger partial charge in [0, 0.05) is 0 Å². The molecule has 0 aliphatic heterocycles. The molecule has 2 aliphatic carbocycles. The topological polar surface area (TPSA) is 18.5 Å². The fourth-order valence-corrected chi connectivity index (χ4v) is 10.2. The van der Waals surface area contributed by atoms with Crippen LogP contribution in [0.3, 0.4) is 0 Å². The summed E-state index contributed by atoms with van der Waals surface area (Å²) in [6.45, 7) is 13.1. The van der Waals surface area contributed by atoms with Crippen LogP contribution in [0.2, 0.25) is 0 Å². The van der Waals surface area contributed by atoms with Crippen molar-refractivity contribution in [1.82, 2.24) is 0 Å². The molecule has 2 aromatic rings. The Bertz CT molecular complexity index is 918. The monoisotopic (exact) mass is 508 g/mol. The van der Waals surface area contributed by atoms with Crippen LogP contribution >= 0.6 is 7.92 Å². The summed E-state index contributed by atoms with van der Waals surface area (Å²) in [4.78, 5) is 0. The standard InChI is InChI=1S/C33H49O2P/c1-23(2)26-21-30(34-24(3)4)33(31(22-26)35-25(5)6)29-19-13-14-20-32(29)36(27-15-9-7-10-16-27)28-17-11-8-12-18-28/h13-14,19-25,27-28H,7-12,15-18H2,1-6H3. The Kier molecular flexibility index (Phi) is 9.79. The molecule has 36 heavy (non-hydrogen) atoms. The van der Waals surface area contributed by atoms with Crippen molar-refractivity contribution < 1.29 is 9.47 Å². The van der Waals surface area contributed by atoms with Crippen LogP contribution in [-0.4, -0.2) is 23.5 Å². The number of benzene rings is 2. The van der Waals surface area contributed by atoms with Crippen LogP contribution < -0.4 is 14.8 Å². The summed E-state index contributed by atoms with van der Waals surface area (Å²) in [6.07, 6.45) is 14.3. The maximum absolute atomic E-state index is 6.57. The molecule has 0 unspecified atom stereocenters. The maximum Gasteiger partial charge on any atom is 0.131 e. The molecule has 0 heterocycles. The third kappa shape index (κ3) is 6.66. The average Bonchev–Trinajstić information content (AvgIpc) is 2.85. The second-order valence-electron chi connectivity index (χ2n) is 11.9. The number of hydrogen-bond acceptors (Lipinski definition) is 2. The summed E-state index contributed by atoms with van der Waals surface area (Å²) in [7, 11) is -0.233. The Balaban J connectivity index is 1.90. The van der Waals surface area contributed by atoms with Gasteiger partial charge in [0.2, 0.25) is 0 Å². The zero-order valence-corrected chi connectivity index (χ0v) is 24.6. The number of ether oxygens (including phenoxy) is 2. The molecule has 0 aromatic heterocycles. The summed E-state index contributed by atoms with van der Waals surface area (Å²) in [5.74, 6) is 2.39. The van der Waals surface area contributed by atoms with E-state index in [2.05, 4.69) is 77.9 Å². The molecular formula is C33H49O2P. The van der Waals surface area contributed by atoms with Crippen molar-refractivity contribution in [3.05, 3.63) is 42.0 Å². The Labute approximate surface area is 222 Å². The quantitative estimate of drug-likeness (QED) is 0.314. The number of hydrogen-bond donors (Lipinski definition) is 0. The summed E-state index contributed by atoms with van der Waals surface area (Å²) in [5.41, 5.74) is 5.54. The predicted octanol–water partition coefficient (Wildman–Crippen LogP) is 9.82. The Morgan fingerprint density at radius 3 is 1.58 bits per heavy atom. The fourth-order valence-electron chi connectivity index (χ4n) is 6.22. The minimum Gasteiger partial charge on any atom is -0.490 e. The van der Waals surface area contributed by atoms with E-state index in [0.717, 1.165) is 22.8 Å². The molecule has 0 radical (unpaired) electrons. The molecule has 0 saturated heterocycles. The third-order valence-electron chi connectivity index (χ3n) is 7.87. The molecule has 2 fully saturated rings. The zero-order valence-electron chi connectivity index (χ0n) is 23.7. The van der Waals surface area contributed by atoms with Crippen LogP contribution in [0.5, 0.6) is 11.5 Å². The van der Waals surface area contributed by atoms with E-state index in [0.29, 0.717) is 5.92 Å². The van der Waals surface area contributed by atoms with Crippen LogP contribution in [0.1, 0.15) is 117 Å². The Hall–Kier alpha value is -1.53. The van der Waals surface area contributed by atoms with Crippen molar-refractivity contribution in [1.29, 1.82) is 0 Å². The number of rotatable bonds is 9. The van der Waals surface area contributed by atoms with Crippen molar-refractivity contribution >= 4 is 13.2 Å². The van der Waals surface area contributed by atoms with Gasteiger partial charge >= 0.3 is 0 Å². The molecule has 0 N–H and O–H groups in total. The molecule has 4 rings (SSSR count). The van der Waals surface area contributed by atoms with Gasteiger partial charge in [-0.1, -0.05) is 84.6 Å². The van der Waals surface area contributed by atoms with Gasteiger partial charge < -0.3 is 9.47 Å². The van der Waals surface area contributed by atoms with Crippen molar-refractivity contribution in [3.8, 4) is 22.6 Å². The fraction of sp³-hybridized carbons (Fsp3) is 0.636. The summed E-state index contributed by atoms with van der Waals surface area (Å²) in [6, 6.07) is 13.9. The lowest BCUT2D eigenvalue weighted by molar-refractivity contribution is 0.230. The summed E-state index contributed by atoms with van der Waals surface area (Å²) in [5, 5.41) is 1.60. The minimum absolute atomic E-state index is 0.114. The van der Waals surface area contributed by atoms with Crippen molar-refractivity contribution in [2.24, 2.45) is 0 Å². The smallest absolute Gasteiger partial charge is 0.131 e. The molecule has 198 valence electrons. The largest absolute Gasteiger partial charge is 0.490 e. The predicted molar refractivity (Wildman–Crippen MR) is 158 cm³/mol. The first-order chi connectivity index (χ1) is 17.3. The van der Waals surface area contributed by atoms with Gasteiger partial charge in [0.15, 0.2) is 0 Å². The van der Waals surface area contributed by atoms with E-state index < -0.39 is 0 Å². The second kappa shape index (κ2) is 12.8. The van der Waals surface area contributed by atoms with E-state index in [9.17, 15) is 0 Å². The first-order valence-electron chi connectivity index (χ1n) is 14.7. The highest BCUT2D eigenvalue weighted by Gasteiger charge is 2.34. The highest BCUT2D eigenvalue weighted by atomic mass is 31.1. The van der Waals surface area contributed by atoms with E-state index >= 15 is 0 Å². The average molecular weight is 509 g/mol. The van der Waals surface area contributed by atoms with E-state index in [1.165, 1.54) is 80.9 Å². The van der Waals surface area contributed by atoms with Gasteiger partial charge in [-0.25, -0.2) is 0 Å². The van der Waals surface area contributed by atoms with Crippen LogP contribution in [0.4, 0.5) is 0 Å². The second-order valence-corrected chi connectivity index (χ2v) is 14.6. The van der Waals surface area contributed by atoms with Crippen molar-refractivity contribution in [2.75, 3.05) is 0 Å². The van der Waals surface area contributed by atoms with Crippen LogP contribution in [0.25, 0.3) is 11.1 Å². The molecule has 0 bridgehead atoms. The van der Waals surface area contributed by atoms with E-state index in [-0.39, 0.29) is 20.1 Å². The van der Waals surface area contributed by atoms with Gasteiger partial charge in [-0.05, 0) is 99.2 Å². The molecule has 0 amide bonds. The van der Waals surface area contributed by atoms with Gasteiger partial charge in [-0.3, -0.25) is 0 Å². The lowest BCUT2D eigenvalue weighted by Gasteiger charge is -2.40. The van der Waals surface area contributed by atoms with Crippen molar-refractivity contribution in [3.63, 3.8) is 0 Å². The first-order valence-corrected chi connectivity index (χ1v) is 16.2. The van der Waals surface area contributed by atoms with Gasteiger partial charge in [0.25, 0.3) is 0 Å². The zero-order chi connectivity index (χ0) is 25.7.